The summed E-state index contributed by atoms with van der Waals surface area (Å²) in [6, 6.07) is 24.6. The van der Waals surface area contributed by atoms with Gasteiger partial charge in [-0.3, -0.25) is 4.79 Å². The van der Waals surface area contributed by atoms with Crippen LogP contribution in [-0.2, 0) is 4.79 Å². The Morgan fingerprint density at radius 3 is 2.50 bits per heavy atom. The number of carbonyl (C=O) groups is 1. The number of benzene rings is 3. The fraction of sp³-hybridized carbons (Fsp3) is 0.160. The molecule has 152 valence electrons. The summed E-state index contributed by atoms with van der Waals surface area (Å²) in [5, 5.41) is 4.02. The number of carbonyl (C=O) groups excluding carboxylic acids is 1. The molecule has 0 radical (unpaired) electrons. The second-order valence-electron chi connectivity index (χ2n) is 7.04. The monoisotopic (exact) mass is 401 g/mol. The SMILES string of the molecule is COc1cc(C)ccc1OCC(=O)NC(c1ccccc1)c1cc2ccccc2o1. The van der Waals surface area contributed by atoms with Crippen molar-refractivity contribution < 1.29 is 18.7 Å². The number of rotatable bonds is 7. The van der Waals surface area contributed by atoms with Crippen LogP contribution in [-0.4, -0.2) is 19.6 Å². The van der Waals surface area contributed by atoms with Crippen LogP contribution >= 0.6 is 0 Å². The summed E-state index contributed by atoms with van der Waals surface area (Å²) in [6.07, 6.45) is 0. The van der Waals surface area contributed by atoms with Gasteiger partial charge in [-0.25, -0.2) is 0 Å². The molecule has 4 aromatic rings. The topological polar surface area (TPSA) is 60.7 Å². The average molecular weight is 401 g/mol. The van der Waals surface area contributed by atoms with Gasteiger partial charge in [0.2, 0.25) is 0 Å². The van der Waals surface area contributed by atoms with Crippen molar-refractivity contribution in [1.29, 1.82) is 0 Å². The molecule has 0 bridgehead atoms. The van der Waals surface area contributed by atoms with E-state index in [0.717, 1.165) is 22.1 Å². The maximum absolute atomic E-state index is 12.7. The van der Waals surface area contributed by atoms with Gasteiger partial charge >= 0.3 is 0 Å². The number of hydrogen-bond acceptors (Lipinski definition) is 4. The Hall–Kier alpha value is -3.73. The quantitative estimate of drug-likeness (QED) is 0.472. The van der Waals surface area contributed by atoms with Crippen molar-refractivity contribution in [3.63, 3.8) is 0 Å². The van der Waals surface area contributed by atoms with E-state index in [9.17, 15) is 4.79 Å². The normalized spacial score (nSPS) is 11.8. The van der Waals surface area contributed by atoms with Crippen LogP contribution in [0.2, 0.25) is 0 Å². The Morgan fingerprint density at radius 1 is 0.967 bits per heavy atom. The lowest BCUT2D eigenvalue weighted by Crippen LogP contribution is -2.33. The lowest BCUT2D eigenvalue weighted by molar-refractivity contribution is -0.123. The third-order valence-corrected chi connectivity index (χ3v) is 4.85. The van der Waals surface area contributed by atoms with Gasteiger partial charge in [0.05, 0.1) is 7.11 Å². The molecule has 5 heteroatoms. The first-order chi connectivity index (χ1) is 14.6. The van der Waals surface area contributed by atoms with Crippen molar-refractivity contribution in [1.82, 2.24) is 5.32 Å². The minimum atomic E-state index is -0.422. The molecule has 0 saturated heterocycles. The second-order valence-corrected chi connectivity index (χ2v) is 7.04. The van der Waals surface area contributed by atoms with E-state index in [1.54, 1.807) is 13.2 Å². The van der Waals surface area contributed by atoms with E-state index in [1.807, 2.05) is 79.7 Å². The van der Waals surface area contributed by atoms with Gasteiger partial charge < -0.3 is 19.2 Å². The zero-order valence-electron chi connectivity index (χ0n) is 16.9. The number of furan rings is 1. The van der Waals surface area contributed by atoms with Gasteiger partial charge in [0.15, 0.2) is 18.1 Å². The van der Waals surface area contributed by atoms with Crippen LogP contribution in [0.1, 0.15) is 22.9 Å². The second kappa shape index (κ2) is 8.74. The molecule has 1 aromatic heterocycles. The van der Waals surface area contributed by atoms with E-state index >= 15 is 0 Å². The van der Waals surface area contributed by atoms with E-state index in [-0.39, 0.29) is 12.5 Å². The molecule has 1 amide bonds. The predicted molar refractivity (Wildman–Crippen MR) is 116 cm³/mol. The summed E-state index contributed by atoms with van der Waals surface area (Å²) in [4.78, 5) is 12.7. The molecule has 0 aliphatic carbocycles. The van der Waals surface area contributed by atoms with E-state index in [0.29, 0.717) is 17.3 Å². The number of ether oxygens (including phenoxy) is 2. The third kappa shape index (κ3) is 4.30. The first-order valence-corrected chi connectivity index (χ1v) is 9.74. The largest absolute Gasteiger partial charge is 0.493 e. The van der Waals surface area contributed by atoms with E-state index in [2.05, 4.69) is 5.32 Å². The Balaban J connectivity index is 1.54. The van der Waals surface area contributed by atoms with Crippen molar-refractivity contribution in [2.24, 2.45) is 0 Å². The van der Waals surface area contributed by atoms with Gasteiger partial charge in [-0.2, -0.15) is 0 Å². The van der Waals surface area contributed by atoms with Gasteiger partial charge in [-0.1, -0.05) is 54.6 Å². The Bertz CT molecular complexity index is 1120. The van der Waals surface area contributed by atoms with E-state index in [4.69, 9.17) is 13.9 Å². The van der Waals surface area contributed by atoms with Gasteiger partial charge in [0, 0.05) is 5.39 Å². The minimum absolute atomic E-state index is 0.136. The number of amides is 1. The lowest BCUT2D eigenvalue weighted by atomic mass is 10.0. The summed E-state index contributed by atoms with van der Waals surface area (Å²) in [6.45, 7) is 1.83. The summed E-state index contributed by atoms with van der Waals surface area (Å²) < 4.78 is 17.1. The molecule has 0 aliphatic rings. The van der Waals surface area contributed by atoms with Crippen LogP contribution < -0.4 is 14.8 Å². The molecule has 1 atom stereocenters. The summed E-state index contributed by atoms with van der Waals surface area (Å²) >= 11 is 0. The fourth-order valence-corrected chi connectivity index (χ4v) is 3.35. The smallest absolute Gasteiger partial charge is 0.258 e. The van der Waals surface area contributed by atoms with Gasteiger partial charge in [0.25, 0.3) is 5.91 Å². The highest BCUT2D eigenvalue weighted by Gasteiger charge is 2.21. The molecule has 1 unspecified atom stereocenters. The summed E-state index contributed by atoms with van der Waals surface area (Å²) in [5.41, 5.74) is 2.76. The fourth-order valence-electron chi connectivity index (χ4n) is 3.35. The van der Waals surface area contributed by atoms with Crippen LogP contribution in [0, 0.1) is 6.92 Å². The van der Waals surface area contributed by atoms with Crippen molar-refractivity contribution in [3.8, 4) is 11.5 Å². The van der Waals surface area contributed by atoms with Crippen LogP contribution in [0.5, 0.6) is 11.5 Å². The average Bonchev–Trinajstić information content (AvgIpc) is 3.21. The molecular formula is C25H23NO4. The number of hydrogen-bond donors (Lipinski definition) is 1. The van der Waals surface area contributed by atoms with E-state index in [1.165, 1.54) is 0 Å². The number of nitrogens with one attached hydrogen (secondary N) is 1. The van der Waals surface area contributed by atoms with Crippen molar-refractivity contribution >= 4 is 16.9 Å². The predicted octanol–water partition coefficient (Wildman–Crippen LogP) is 5.03. The highest BCUT2D eigenvalue weighted by molar-refractivity contribution is 5.80. The highest BCUT2D eigenvalue weighted by Crippen LogP contribution is 2.29. The molecule has 1 N–H and O–H groups in total. The standard InChI is InChI=1S/C25H23NO4/c1-17-12-13-21(22(14-17)28-2)29-16-24(27)26-25(18-8-4-3-5-9-18)23-15-19-10-6-7-11-20(19)30-23/h3-15,25H,16H2,1-2H3,(H,26,27). The van der Waals surface area contributed by atoms with Crippen molar-refractivity contribution in [3.05, 3.63) is 95.7 Å². The highest BCUT2D eigenvalue weighted by atomic mass is 16.5. The van der Waals surface area contributed by atoms with Crippen LogP contribution in [0.3, 0.4) is 0 Å². The van der Waals surface area contributed by atoms with E-state index < -0.39 is 6.04 Å². The lowest BCUT2D eigenvalue weighted by Gasteiger charge is -2.18. The van der Waals surface area contributed by atoms with Crippen LogP contribution in [0.25, 0.3) is 11.0 Å². The third-order valence-electron chi connectivity index (χ3n) is 4.85. The van der Waals surface area contributed by atoms with Crippen LogP contribution in [0.15, 0.2) is 83.3 Å². The number of para-hydroxylation sites is 1. The van der Waals surface area contributed by atoms with Gasteiger partial charge in [0.1, 0.15) is 17.4 Å². The summed E-state index contributed by atoms with van der Waals surface area (Å²) in [7, 11) is 1.58. The van der Waals surface area contributed by atoms with Crippen molar-refractivity contribution in [2.45, 2.75) is 13.0 Å². The number of methoxy groups -OCH3 is 1. The molecule has 4 rings (SSSR count). The first-order valence-electron chi connectivity index (χ1n) is 9.74. The molecule has 0 saturated carbocycles. The Kier molecular flexibility index (Phi) is 5.70. The first kappa shape index (κ1) is 19.6. The summed E-state index contributed by atoms with van der Waals surface area (Å²) in [5.74, 6) is 1.54. The molecular weight excluding hydrogens is 378 g/mol. The minimum Gasteiger partial charge on any atom is -0.493 e. The number of aryl methyl sites for hydroxylation is 1. The Labute approximate surface area is 175 Å². The van der Waals surface area contributed by atoms with Gasteiger partial charge in [-0.15, -0.1) is 0 Å². The van der Waals surface area contributed by atoms with Crippen molar-refractivity contribution in [2.75, 3.05) is 13.7 Å². The number of fused-ring (bicyclic) bond motifs is 1. The zero-order valence-corrected chi connectivity index (χ0v) is 16.9. The molecule has 0 spiro atoms. The van der Waals surface area contributed by atoms with Crippen LogP contribution in [0.4, 0.5) is 0 Å². The molecule has 5 nitrogen and oxygen atoms in total. The van der Waals surface area contributed by atoms with Gasteiger partial charge in [-0.05, 0) is 42.3 Å². The molecule has 0 aliphatic heterocycles. The molecule has 30 heavy (non-hydrogen) atoms. The maximum atomic E-state index is 12.7. The molecule has 1 heterocycles. The molecule has 0 fully saturated rings. The zero-order chi connectivity index (χ0) is 20.9. The molecule has 3 aromatic carbocycles. The Morgan fingerprint density at radius 2 is 1.73 bits per heavy atom. The maximum Gasteiger partial charge on any atom is 0.258 e.